The van der Waals surface area contributed by atoms with Crippen LogP contribution in [0.25, 0.3) is 10.9 Å². The van der Waals surface area contributed by atoms with Crippen LogP contribution in [-0.2, 0) is 6.61 Å². The molecule has 4 aromatic rings. The van der Waals surface area contributed by atoms with Crippen molar-refractivity contribution in [3.8, 4) is 17.6 Å². The largest absolute Gasteiger partial charge is 0.493 e. The number of nitriles is 1. The normalized spacial score (nSPS) is 11.2. The molecule has 0 amide bonds. The SMILES string of the molecule is COc1cc(C=Nn2c(C(C)C)nc3ccc(Br)cc3c2=O)cc(Cl)c1OCc1ccccc1C#N. The van der Waals surface area contributed by atoms with E-state index in [-0.39, 0.29) is 18.1 Å². The lowest BCUT2D eigenvalue weighted by Crippen LogP contribution is -2.23. The quantitative estimate of drug-likeness (QED) is 0.246. The van der Waals surface area contributed by atoms with Crippen molar-refractivity contribution < 1.29 is 9.47 Å². The maximum atomic E-state index is 13.2. The zero-order valence-corrected chi connectivity index (χ0v) is 22.2. The summed E-state index contributed by atoms with van der Waals surface area (Å²) in [7, 11) is 1.51. The van der Waals surface area contributed by atoms with E-state index in [1.807, 2.05) is 32.0 Å². The Labute approximate surface area is 221 Å². The lowest BCUT2D eigenvalue weighted by molar-refractivity contribution is 0.284. The summed E-state index contributed by atoms with van der Waals surface area (Å²) in [6, 6.07) is 18.1. The van der Waals surface area contributed by atoms with E-state index in [0.717, 1.165) is 10.0 Å². The van der Waals surface area contributed by atoms with Crippen molar-refractivity contribution in [1.29, 1.82) is 5.26 Å². The van der Waals surface area contributed by atoms with Gasteiger partial charge in [0.15, 0.2) is 11.5 Å². The first-order valence-corrected chi connectivity index (χ1v) is 12.2. The van der Waals surface area contributed by atoms with Crippen LogP contribution >= 0.6 is 27.5 Å². The first-order chi connectivity index (χ1) is 17.3. The molecule has 0 spiro atoms. The van der Waals surface area contributed by atoms with Crippen LogP contribution in [0.4, 0.5) is 0 Å². The number of aromatic nitrogens is 2. The Balaban J connectivity index is 1.69. The predicted octanol–water partition coefficient (Wildman–Crippen LogP) is 6.28. The molecule has 182 valence electrons. The standard InChI is InChI=1S/C27H22BrClN4O3/c1-16(2)26-32-23-9-8-20(28)12-21(23)27(34)33(26)31-14-17-10-22(29)25(24(11-17)35-3)36-15-19-7-5-4-6-18(19)13-30/h4-12,14,16H,15H2,1-3H3. The summed E-state index contributed by atoms with van der Waals surface area (Å²) in [5.41, 5.74) is 2.22. The maximum absolute atomic E-state index is 13.2. The molecule has 36 heavy (non-hydrogen) atoms. The van der Waals surface area contributed by atoms with Crippen molar-refractivity contribution in [3.05, 3.63) is 97.0 Å². The summed E-state index contributed by atoms with van der Waals surface area (Å²) in [4.78, 5) is 17.9. The van der Waals surface area contributed by atoms with E-state index in [4.69, 9.17) is 21.1 Å². The molecule has 0 radical (unpaired) electrons. The predicted molar refractivity (Wildman–Crippen MR) is 144 cm³/mol. The number of rotatable bonds is 7. The second-order valence-electron chi connectivity index (χ2n) is 8.24. The molecule has 0 unspecified atom stereocenters. The van der Waals surface area contributed by atoms with Gasteiger partial charge in [-0.2, -0.15) is 15.0 Å². The van der Waals surface area contributed by atoms with Crippen LogP contribution in [-0.4, -0.2) is 23.0 Å². The summed E-state index contributed by atoms with van der Waals surface area (Å²) < 4.78 is 13.5. The number of nitrogens with zero attached hydrogens (tertiary/aromatic N) is 4. The molecular formula is C27H22BrClN4O3. The minimum atomic E-state index is -0.268. The first-order valence-electron chi connectivity index (χ1n) is 11.1. The van der Waals surface area contributed by atoms with E-state index < -0.39 is 0 Å². The van der Waals surface area contributed by atoms with Gasteiger partial charge in [0.05, 0.1) is 40.9 Å². The fourth-order valence-corrected chi connectivity index (χ4v) is 4.27. The van der Waals surface area contributed by atoms with E-state index in [9.17, 15) is 10.1 Å². The average Bonchev–Trinajstić information content (AvgIpc) is 2.87. The molecule has 0 aliphatic heterocycles. The molecular weight excluding hydrogens is 544 g/mol. The van der Waals surface area contributed by atoms with Gasteiger partial charge >= 0.3 is 0 Å². The molecule has 0 fully saturated rings. The third-order valence-corrected chi connectivity index (χ3v) is 6.21. The van der Waals surface area contributed by atoms with Crippen molar-refractivity contribution in [1.82, 2.24) is 9.66 Å². The summed E-state index contributed by atoms with van der Waals surface area (Å²) in [6.07, 6.45) is 1.53. The first kappa shape index (κ1) is 25.4. The summed E-state index contributed by atoms with van der Waals surface area (Å²) in [5.74, 6) is 1.25. The monoisotopic (exact) mass is 564 g/mol. The molecule has 0 saturated heterocycles. The van der Waals surface area contributed by atoms with Gasteiger partial charge in [-0.1, -0.05) is 59.6 Å². The number of halogens is 2. The third-order valence-electron chi connectivity index (χ3n) is 5.43. The zero-order valence-electron chi connectivity index (χ0n) is 19.8. The Kier molecular flexibility index (Phi) is 7.73. The van der Waals surface area contributed by atoms with Crippen LogP contribution in [0.3, 0.4) is 0 Å². The number of methoxy groups -OCH3 is 1. The molecule has 0 N–H and O–H groups in total. The maximum Gasteiger partial charge on any atom is 0.282 e. The Morgan fingerprint density at radius 2 is 2.00 bits per heavy atom. The van der Waals surface area contributed by atoms with E-state index in [1.54, 1.807) is 36.4 Å². The minimum Gasteiger partial charge on any atom is -0.493 e. The third kappa shape index (κ3) is 5.27. The molecule has 9 heteroatoms. The molecule has 0 atom stereocenters. The molecule has 1 heterocycles. The molecule has 0 saturated carbocycles. The smallest absolute Gasteiger partial charge is 0.282 e. The fourth-order valence-electron chi connectivity index (χ4n) is 3.64. The van der Waals surface area contributed by atoms with Crippen molar-refractivity contribution in [2.75, 3.05) is 7.11 Å². The van der Waals surface area contributed by atoms with Gasteiger partial charge in [0.2, 0.25) is 0 Å². The molecule has 4 rings (SSSR count). The summed E-state index contributed by atoms with van der Waals surface area (Å²) >= 11 is 9.94. The molecule has 0 aliphatic carbocycles. The van der Waals surface area contributed by atoms with Gasteiger partial charge in [-0.3, -0.25) is 4.79 Å². The average molecular weight is 566 g/mol. The fraction of sp³-hybridized carbons (Fsp3) is 0.185. The van der Waals surface area contributed by atoms with Gasteiger partial charge in [-0.25, -0.2) is 4.98 Å². The molecule has 0 aliphatic rings. The Morgan fingerprint density at radius 3 is 2.72 bits per heavy atom. The van der Waals surface area contributed by atoms with E-state index in [0.29, 0.717) is 44.4 Å². The lowest BCUT2D eigenvalue weighted by Gasteiger charge is -2.14. The van der Waals surface area contributed by atoms with Crippen molar-refractivity contribution in [3.63, 3.8) is 0 Å². The Morgan fingerprint density at radius 1 is 1.22 bits per heavy atom. The van der Waals surface area contributed by atoms with Crippen LogP contribution in [0.15, 0.2) is 69.0 Å². The number of hydrogen-bond acceptors (Lipinski definition) is 6. The van der Waals surface area contributed by atoms with Gasteiger partial charge in [-0.15, -0.1) is 0 Å². The van der Waals surface area contributed by atoms with Crippen LogP contribution < -0.4 is 15.0 Å². The minimum absolute atomic E-state index is 0.0342. The lowest BCUT2D eigenvalue weighted by atomic mass is 10.1. The molecule has 0 bridgehead atoms. The van der Waals surface area contributed by atoms with Crippen molar-refractivity contribution in [2.24, 2.45) is 5.10 Å². The Bertz CT molecular complexity index is 1570. The highest BCUT2D eigenvalue weighted by molar-refractivity contribution is 9.10. The second-order valence-corrected chi connectivity index (χ2v) is 9.56. The molecule has 3 aromatic carbocycles. The van der Waals surface area contributed by atoms with Gasteiger partial charge in [0.25, 0.3) is 5.56 Å². The second kappa shape index (κ2) is 10.9. The van der Waals surface area contributed by atoms with Gasteiger partial charge < -0.3 is 9.47 Å². The Hall–Kier alpha value is -3.67. The number of benzene rings is 3. The van der Waals surface area contributed by atoms with E-state index in [2.05, 4.69) is 32.1 Å². The van der Waals surface area contributed by atoms with Crippen LogP contribution in [0.5, 0.6) is 11.5 Å². The van der Waals surface area contributed by atoms with Gasteiger partial charge in [0.1, 0.15) is 12.4 Å². The van der Waals surface area contributed by atoms with Crippen molar-refractivity contribution >= 4 is 44.6 Å². The highest BCUT2D eigenvalue weighted by Gasteiger charge is 2.15. The van der Waals surface area contributed by atoms with E-state index in [1.165, 1.54) is 18.0 Å². The number of hydrogen-bond donors (Lipinski definition) is 0. The van der Waals surface area contributed by atoms with Gasteiger partial charge in [0, 0.05) is 16.0 Å². The highest BCUT2D eigenvalue weighted by atomic mass is 79.9. The topological polar surface area (TPSA) is 89.5 Å². The number of fused-ring (bicyclic) bond motifs is 1. The molecule has 7 nitrogen and oxygen atoms in total. The van der Waals surface area contributed by atoms with E-state index >= 15 is 0 Å². The molecule has 1 aromatic heterocycles. The van der Waals surface area contributed by atoms with Crippen molar-refractivity contribution in [2.45, 2.75) is 26.4 Å². The zero-order chi connectivity index (χ0) is 25.8. The van der Waals surface area contributed by atoms with Gasteiger partial charge in [-0.05, 0) is 42.0 Å². The summed E-state index contributed by atoms with van der Waals surface area (Å²) in [6.45, 7) is 4.06. The van der Waals surface area contributed by atoms with Crippen LogP contribution in [0, 0.1) is 11.3 Å². The summed E-state index contributed by atoms with van der Waals surface area (Å²) in [5, 5.41) is 14.5. The van der Waals surface area contributed by atoms with Crippen LogP contribution in [0.2, 0.25) is 5.02 Å². The number of ether oxygens (including phenoxy) is 2. The van der Waals surface area contributed by atoms with Crippen LogP contribution in [0.1, 0.15) is 42.3 Å². The highest BCUT2D eigenvalue weighted by Crippen LogP contribution is 2.36.